The smallest absolute Gasteiger partial charge is 0.291 e. The number of benzene rings is 2. The molecule has 3 heterocycles. The van der Waals surface area contributed by atoms with Crippen LogP contribution < -0.4 is 5.43 Å². The lowest BCUT2D eigenvalue weighted by Gasteiger charge is -2.30. The quantitative estimate of drug-likeness (QED) is 0.666. The fourth-order valence-corrected chi connectivity index (χ4v) is 5.98. The number of fused-ring (bicyclic) bond motifs is 2. The van der Waals surface area contributed by atoms with Crippen LogP contribution in [-0.2, 0) is 9.84 Å². The van der Waals surface area contributed by atoms with Crippen molar-refractivity contribution in [2.75, 3.05) is 11.5 Å². The number of sulfone groups is 1. The van der Waals surface area contributed by atoms with Gasteiger partial charge in [0, 0.05) is 6.04 Å². The Kier molecular flexibility index (Phi) is 3.71. The van der Waals surface area contributed by atoms with Crippen LogP contribution in [0, 0.1) is 0 Å². The molecule has 28 heavy (non-hydrogen) atoms. The lowest BCUT2D eigenvalue weighted by Crippen LogP contribution is -2.40. The summed E-state index contributed by atoms with van der Waals surface area (Å²) in [6.45, 7) is 0. The minimum Gasteiger partial charge on any atom is -0.450 e. The van der Waals surface area contributed by atoms with Crippen LogP contribution in [-0.4, -0.2) is 36.8 Å². The number of para-hydroxylation sites is 1. The van der Waals surface area contributed by atoms with Gasteiger partial charge >= 0.3 is 0 Å². The third kappa shape index (κ3) is 2.50. The summed E-state index contributed by atoms with van der Waals surface area (Å²) in [5, 5.41) is 0.413. The highest BCUT2D eigenvalue weighted by Crippen LogP contribution is 2.41. The van der Waals surface area contributed by atoms with Gasteiger partial charge in [0.2, 0.25) is 5.76 Å². The van der Waals surface area contributed by atoms with Gasteiger partial charge in [0.25, 0.3) is 5.91 Å². The molecule has 6 nitrogen and oxygen atoms in total. The van der Waals surface area contributed by atoms with Gasteiger partial charge in [0.05, 0.1) is 28.5 Å². The molecule has 0 aliphatic carbocycles. The van der Waals surface area contributed by atoms with E-state index in [4.69, 9.17) is 4.42 Å². The number of amides is 1. The van der Waals surface area contributed by atoms with Crippen molar-refractivity contribution in [1.82, 2.24) is 4.90 Å². The van der Waals surface area contributed by atoms with Crippen LogP contribution in [0.15, 0.2) is 63.8 Å². The van der Waals surface area contributed by atoms with Crippen molar-refractivity contribution in [2.45, 2.75) is 18.5 Å². The van der Waals surface area contributed by atoms with Gasteiger partial charge in [-0.15, -0.1) is 0 Å². The van der Waals surface area contributed by atoms with Crippen molar-refractivity contribution in [3.63, 3.8) is 0 Å². The van der Waals surface area contributed by atoms with E-state index in [0.717, 1.165) is 5.56 Å². The normalized spacial score (nSPS) is 23.3. The van der Waals surface area contributed by atoms with Crippen molar-refractivity contribution in [3.8, 4) is 0 Å². The summed E-state index contributed by atoms with van der Waals surface area (Å²) in [4.78, 5) is 28.1. The zero-order chi connectivity index (χ0) is 19.5. The molecule has 7 heteroatoms. The standard InChI is InChI=1S/C21H17NO5S/c23-19-15-8-4-5-9-16(15)27-20-17(19)18(13-6-2-1-3-7-13)22(21(20)24)14-10-11-28(25,26)12-14/h1-9,14,18H,10-12H2/t14-,18-/m0/s1. The van der Waals surface area contributed by atoms with Crippen LogP contribution >= 0.6 is 0 Å². The highest BCUT2D eigenvalue weighted by atomic mass is 32.2. The second-order valence-corrected chi connectivity index (χ2v) is 9.48. The lowest BCUT2D eigenvalue weighted by molar-refractivity contribution is 0.0662. The van der Waals surface area contributed by atoms with E-state index in [1.165, 1.54) is 4.90 Å². The largest absolute Gasteiger partial charge is 0.450 e. The molecule has 2 aromatic carbocycles. The first-order valence-electron chi connectivity index (χ1n) is 9.10. The summed E-state index contributed by atoms with van der Waals surface area (Å²) < 4.78 is 30.0. The van der Waals surface area contributed by atoms with Gasteiger partial charge in [-0.2, -0.15) is 0 Å². The molecule has 0 radical (unpaired) electrons. The third-order valence-corrected chi connectivity index (χ3v) is 7.28. The molecular formula is C21H17NO5S. The molecule has 1 aromatic heterocycles. The summed E-state index contributed by atoms with van der Waals surface area (Å²) in [6.07, 6.45) is 0.360. The molecule has 2 aliphatic rings. The topological polar surface area (TPSA) is 84.7 Å². The second kappa shape index (κ2) is 6.04. The Morgan fingerprint density at radius 3 is 2.39 bits per heavy atom. The summed E-state index contributed by atoms with van der Waals surface area (Å²) in [7, 11) is -3.20. The first-order chi connectivity index (χ1) is 13.5. The summed E-state index contributed by atoms with van der Waals surface area (Å²) in [5.41, 5.74) is 1.16. The maximum atomic E-state index is 13.3. The fraction of sp³-hybridized carbons (Fsp3) is 0.238. The molecule has 0 bridgehead atoms. The molecule has 2 aliphatic heterocycles. The van der Waals surface area contributed by atoms with Gasteiger partial charge in [-0.05, 0) is 24.1 Å². The Morgan fingerprint density at radius 2 is 1.68 bits per heavy atom. The summed E-state index contributed by atoms with van der Waals surface area (Å²) >= 11 is 0. The highest BCUT2D eigenvalue weighted by Gasteiger charge is 2.48. The number of carbonyl (C=O) groups excluding carboxylic acids is 1. The maximum absolute atomic E-state index is 13.3. The first-order valence-corrected chi connectivity index (χ1v) is 10.9. The highest BCUT2D eigenvalue weighted by molar-refractivity contribution is 7.91. The Bertz CT molecular complexity index is 1260. The molecule has 5 rings (SSSR count). The van der Waals surface area contributed by atoms with Gasteiger partial charge in [-0.25, -0.2) is 8.42 Å². The van der Waals surface area contributed by atoms with E-state index in [2.05, 4.69) is 0 Å². The first kappa shape index (κ1) is 17.2. The third-order valence-electron chi connectivity index (χ3n) is 5.53. The minimum absolute atomic E-state index is 0.0156. The van der Waals surface area contributed by atoms with Crippen molar-refractivity contribution < 1.29 is 17.6 Å². The van der Waals surface area contributed by atoms with Crippen LogP contribution in [0.25, 0.3) is 11.0 Å². The SMILES string of the molecule is O=C1c2oc3ccccc3c(=O)c2[C@H](c2ccccc2)N1[C@H]1CCS(=O)(=O)C1. The van der Waals surface area contributed by atoms with Gasteiger partial charge in [-0.1, -0.05) is 42.5 Å². The van der Waals surface area contributed by atoms with E-state index >= 15 is 0 Å². The Balaban J connectivity index is 1.76. The van der Waals surface area contributed by atoms with E-state index in [0.29, 0.717) is 23.0 Å². The number of hydrogen-bond acceptors (Lipinski definition) is 5. The Morgan fingerprint density at radius 1 is 0.964 bits per heavy atom. The lowest BCUT2D eigenvalue weighted by atomic mass is 9.97. The van der Waals surface area contributed by atoms with Crippen LogP contribution in [0.3, 0.4) is 0 Å². The van der Waals surface area contributed by atoms with E-state index in [1.807, 2.05) is 30.3 Å². The van der Waals surface area contributed by atoms with Gasteiger partial charge in [-0.3, -0.25) is 9.59 Å². The molecule has 2 atom stereocenters. The number of carbonyl (C=O) groups is 1. The zero-order valence-electron chi connectivity index (χ0n) is 14.9. The van der Waals surface area contributed by atoms with Crippen molar-refractivity contribution in [1.29, 1.82) is 0 Å². The van der Waals surface area contributed by atoms with E-state index in [9.17, 15) is 18.0 Å². The molecule has 0 saturated carbocycles. The fourth-order valence-electron chi connectivity index (χ4n) is 4.27. The van der Waals surface area contributed by atoms with Crippen LogP contribution in [0.2, 0.25) is 0 Å². The number of hydrogen-bond donors (Lipinski definition) is 0. The molecule has 0 N–H and O–H groups in total. The maximum Gasteiger partial charge on any atom is 0.291 e. The average molecular weight is 395 g/mol. The monoisotopic (exact) mass is 395 g/mol. The van der Waals surface area contributed by atoms with E-state index in [-0.39, 0.29) is 22.7 Å². The van der Waals surface area contributed by atoms with Crippen LogP contribution in [0.1, 0.15) is 34.1 Å². The number of rotatable bonds is 2. The molecule has 1 fully saturated rings. The zero-order valence-corrected chi connectivity index (χ0v) is 15.7. The second-order valence-electron chi connectivity index (χ2n) is 7.25. The Hall–Kier alpha value is -2.93. The predicted octanol–water partition coefficient (Wildman–Crippen LogP) is 2.53. The molecular weight excluding hydrogens is 378 g/mol. The predicted molar refractivity (Wildman–Crippen MR) is 104 cm³/mol. The van der Waals surface area contributed by atoms with E-state index in [1.54, 1.807) is 24.3 Å². The molecule has 0 spiro atoms. The molecule has 142 valence electrons. The van der Waals surface area contributed by atoms with Crippen molar-refractivity contribution in [2.24, 2.45) is 0 Å². The molecule has 0 unspecified atom stereocenters. The Labute approximate surface area is 161 Å². The molecule has 1 saturated heterocycles. The van der Waals surface area contributed by atoms with Gasteiger partial charge < -0.3 is 9.32 Å². The molecule has 1 amide bonds. The average Bonchev–Trinajstić information content (AvgIpc) is 3.20. The van der Waals surface area contributed by atoms with Crippen LogP contribution in [0.4, 0.5) is 0 Å². The minimum atomic E-state index is -3.20. The molecule has 3 aromatic rings. The van der Waals surface area contributed by atoms with Gasteiger partial charge in [0.1, 0.15) is 5.58 Å². The number of nitrogens with zero attached hydrogens (tertiary/aromatic N) is 1. The van der Waals surface area contributed by atoms with Gasteiger partial charge in [0.15, 0.2) is 15.3 Å². The van der Waals surface area contributed by atoms with Crippen LogP contribution in [0.5, 0.6) is 0 Å². The van der Waals surface area contributed by atoms with Crippen molar-refractivity contribution in [3.05, 3.63) is 81.7 Å². The van der Waals surface area contributed by atoms with Crippen molar-refractivity contribution >= 4 is 26.7 Å². The van der Waals surface area contributed by atoms with E-state index < -0.39 is 27.8 Å². The summed E-state index contributed by atoms with van der Waals surface area (Å²) in [5.74, 6) is -0.456. The summed E-state index contributed by atoms with van der Waals surface area (Å²) in [6, 6.07) is 14.9.